The highest BCUT2D eigenvalue weighted by Gasteiger charge is 2.24. The lowest BCUT2D eigenvalue weighted by atomic mass is 10.0. The smallest absolute Gasteiger partial charge is 0.408 e. The van der Waals surface area contributed by atoms with Crippen LogP contribution in [0.25, 0.3) is 11.1 Å². The molecule has 96 valence electrons. The van der Waals surface area contributed by atoms with Gasteiger partial charge in [-0.15, -0.1) is 0 Å². The molecule has 0 bridgehead atoms. The largest absolute Gasteiger partial charge is 0.419 e. The Bertz CT molecular complexity index is 599. The quantitative estimate of drug-likeness (QED) is 0.902. The van der Waals surface area contributed by atoms with Crippen LogP contribution in [0, 0.1) is 5.92 Å². The van der Waals surface area contributed by atoms with Gasteiger partial charge in [-0.2, -0.15) is 0 Å². The lowest BCUT2D eigenvalue weighted by molar-refractivity contribution is 0.402. The second-order valence-corrected chi connectivity index (χ2v) is 5.13. The van der Waals surface area contributed by atoms with Crippen LogP contribution in [0.1, 0.15) is 25.7 Å². The SMILES string of the molecule is NC1CCCC1CCn1c(=O)oc2ccccc21. The average Bonchev–Trinajstić information content (AvgIpc) is 2.90. The Morgan fingerprint density at radius 3 is 2.94 bits per heavy atom. The summed E-state index contributed by atoms with van der Waals surface area (Å²) < 4.78 is 6.94. The van der Waals surface area contributed by atoms with E-state index in [1.54, 1.807) is 4.57 Å². The van der Waals surface area contributed by atoms with E-state index in [9.17, 15) is 4.79 Å². The number of rotatable bonds is 3. The van der Waals surface area contributed by atoms with Crippen molar-refractivity contribution < 1.29 is 4.42 Å². The maximum absolute atomic E-state index is 11.8. The summed E-state index contributed by atoms with van der Waals surface area (Å²) in [7, 11) is 0. The lowest BCUT2D eigenvalue weighted by Gasteiger charge is -2.14. The fourth-order valence-electron chi connectivity index (χ4n) is 2.94. The summed E-state index contributed by atoms with van der Waals surface area (Å²) in [4.78, 5) is 11.8. The second kappa shape index (κ2) is 4.61. The van der Waals surface area contributed by atoms with E-state index in [1.807, 2.05) is 24.3 Å². The summed E-state index contributed by atoms with van der Waals surface area (Å²) in [5, 5.41) is 0. The van der Waals surface area contributed by atoms with Crippen molar-refractivity contribution in [3.63, 3.8) is 0 Å². The van der Waals surface area contributed by atoms with Gasteiger partial charge in [-0.3, -0.25) is 4.57 Å². The Morgan fingerprint density at radius 1 is 1.33 bits per heavy atom. The maximum atomic E-state index is 11.8. The van der Waals surface area contributed by atoms with Crippen molar-refractivity contribution in [2.75, 3.05) is 0 Å². The molecule has 4 nitrogen and oxygen atoms in total. The molecule has 0 amide bonds. The minimum absolute atomic E-state index is 0.261. The first-order valence-corrected chi connectivity index (χ1v) is 6.59. The van der Waals surface area contributed by atoms with Crippen molar-refractivity contribution in [2.45, 2.75) is 38.3 Å². The van der Waals surface area contributed by atoms with Crippen LogP contribution in [0.4, 0.5) is 0 Å². The highest BCUT2D eigenvalue weighted by Crippen LogP contribution is 2.27. The third-order valence-electron chi connectivity index (χ3n) is 4.02. The average molecular weight is 246 g/mol. The van der Waals surface area contributed by atoms with Crippen molar-refractivity contribution in [3.8, 4) is 0 Å². The Hall–Kier alpha value is -1.55. The third-order valence-corrected chi connectivity index (χ3v) is 4.02. The zero-order chi connectivity index (χ0) is 12.5. The molecule has 0 spiro atoms. The Kier molecular flexibility index (Phi) is 2.96. The molecule has 0 saturated heterocycles. The summed E-state index contributed by atoms with van der Waals surface area (Å²) in [5.74, 6) is 0.285. The fraction of sp³-hybridized carbons (Fsp3) is 0.500. The van der Waals surface area contributed by atoms with E-state index in [1.165, 1.54) is 12.8 Å². The van der Waals surface area contributed by atoms with Crippen LogP contribution in [-0.2, 0) is 6.54 Å². The number of aryl methyl sites for hydroxylation is 1. The first kappa shape index (κ1) is 11.5. The fourth-order valence-corrected chi connectivity index (χ4v) is 2.94. The first-order chi connectivity index (χ1) is 8.75. The van der Waals surface area contributed by atoms with Crippen molar-refractivity contribution in [1.82, 2.24) is 4.57 Å². The molecule has 2 N–H and O–H groups in total. The molecule has 1 saturated carbocycles. The van der Waals surface area contributed by atoms with Gasteiger partial charge in [0.1, 0.15) is 0 Å². The molecule has 1 fully saturated rings. The molecule has 1 aliphatic rings. The minimum atomic E-state index is -0.261. The molecular weight excluding hydrogens is 228 g/mol. The molecular formula is C14H18N2O2. The molecule has 4 heteroatoms. The topological polar surface area (TPSA) is 61.2 Å². The number of aromatic nitrogens is 1. The zero-order valence-corrected chi connectivity index (χ0v) is 10.3. The molecule has 2 unspecified atom stereocenters. The van der Waals surface area contributed by atoms with E-state index in [2.05, 4.69) is 0 Å². The normalized spacial score (nSPS) is 23.8. The van der Waals surface area contributed by atoms with Crippen molar-refractivity contribution in [3.05, 3.63) is 34.8 Å². The highest BCUT2D eigenvalue weighted by atomic mass is 16.4. The maximum Gasteiger partial charge on any atom is 0.419 e. The zero-order valence-electron chi connectivity index (χ0n) is 10.3. The number of hydrogen-bond donors (Lipinski definition) is 1. The van der Waals surface area contributed by atoms with Crippen LogP contribution >= 0.6 is 0 Å². The molecule has 1 aromatic carbocycles. The van der Waals surface area contributed by atoms with E-state index in [0.29, 0.717) is 24.1 Å². The lowest BCUT2D eigenvalue weighted by Crippen LogP contribution is -2.26. The third kappa shape index (κ3) is 1.97. The van der Waals surface area contributed by atoms with Crippen molar-refractivity contribution in [1.29, 1.82) is 0 Å². The van der Waals surface area contributed by atoms with E-state index >= 15 is 0 Å². The summed E-state index contributed by atoms with van der Waals surface area (Å²) in [6.07, 6.45) is 4.48. The Labute approximate surface area is 105 Å². The summed E-state index contributed by atoms with van der Waals surface area (Å²) in [6, 6.07) is 7.86. The molecule has 3 rings (SSSR count). The van der Waals surface area contributed by atoms with Gasteiger partial charge < -0.3 is 10.2 Å². The molecule has 1 heterocycles. The summed E-state index contributed by atoms with van der Waals surface area (Å²) >= 11 is 0. The number of oxazole rings is 1. The predicted octanol–water partition coefficient (Wildman–Crippen LogP) is 2.11. The van der Waals surface area contributed by atoms with Crippen molar-refractivity contribution in [2.24, 2.45) is 11.7 Å². The number of para-hydroxylation sites is 2. The number of benzene rings is 1. The Morgan fingerprint density at radius 2 is 2.17 bits per heavy atom. The van der Waals surface area contributed by atoms with Gasteiger partial charge in [0.15, 0.2) is 5.58 Å². The van der Waals surface area contributed by atoms with Gasteiger partial charge in [0.25, 0.3) is 0 Å². The minimum Gasteiger partial charge on any atom is -0.408 e. The molecule has 0 radical (unpaired) electrons. The first-order valence-electron chi connectivity index (χ1n) is 6.59. The molecule has 2 atom stereocenters. The monoisotopic (exact) mass is 246 g/mol. The molecule has 1 aromatic heterocycles. The van der Waals surface area contributed by atoms with E-state index in [4.69, 9.17) is 10.2 Å². The van der Waals surface area contributed by atoms with Crippen LogP contribution < -0.4 is 11.5 Å². The Balaban J connectivity index is 1.82. The van der Waals surface area contributed by atoms with Crippen LogP contribution in [0.15, 0.2) is 33.5 Å². The van der Waals surface area contributed by atoms with Crippen LogP contribution in [-0.4, -0.2) is 10.6 Å². The highest BCUT2D eigenvalue weighted by molar-refractivity contribution is 5.72. The second-order valence-electron chi connectivity index (χ2n) is 5.13. The van der Waals surface area contributed by atoms with Gasteiger partial charge in [0.05, 0.1) is 5.52 Å². The summed E-state index contributed by atoms with van der Waals surface area (Å²) in [6.45, 7) is 0.703. The standard InChI is InChI=1S/C14H18N2O2/c15-11-5-3-4-10(11)8-9-16-12-6-1-2-7-13(12)18-14(16)17/h1-2,6-7,10-11H,3-5,8-9,15H2. The van der Waals surface area contributed by atoms with Crippen LogP contribution in [0.5, 0.6) is 0 Å². The molecule has 2 aromatic rings. The number of nitrogens with zero attached hydrogens (tertiary/aromatic N) is 1. The molecule has 1 aliphatic carbocycles. The van der Waals surface area contributed by atoms with E-state index < -0.39 is 0 Å². The molecule has 0 aliphatic heterocycles. The summed E-state index contributed by atoms with van der Waals surface area (Å²) in [5.41, 5.74) is 7.61. The van der Waals surface area contributed by atoms with Crippen molar-refractivity contribution >= 4 is 11.1 Å². The van der Waals surface area contributed by atoms with Gasteiger partial charge in [-0.05, 0) is 37.3 Å². The molecule has 18 heavy (non-hydrogen) atoms. The van der Waals surface area contributed by atoms with Gasteiger partial charge in [-0.25, -0.2) is 4.79 Å². The van der Waals surface area contributed by atoms with E-state index in [0.717, 1.165) is 18.4 Å². The van der Waals surface area contributed by atoms with Crippen LogP contribution in [0.3, 0.4) is 0 Å². The van der Waals surface area contributed by atoms with Gasteiger partial charge in [0, 0.05) is 12.6 Å². The number of fused-ring (bicyclic) bond motifs is 1. The van der Waals surface area contributed by atoms with Gasteiger partial charge in [-0.1, -0.05) is 18.6 Å². The van der Waals surface area contributed by atoms with Gasteiger partial charge >= 0.3 is 5.76 Å². The van der Waals surface area contributed by atoms with Crippen LogP contribution in [0.2, 0.25) is 0 Å². The predicted molar refractivity (Wildman–Crippen MR) is 70.4 cm³/mol. The van der Waals surface area contributed by atoms with Gasteiger partial charge in [0.2, 0.25) is 0 Å². The van der Waals surface area contributed by atoms with E-state index in [-0.39, 0.29) is 5.76 Å². The number of nitrogens with two attached hydrogens (primary N) is 1. The number of hydrogen-bond acceptors (Lipinski definition) is 3.